The lowest BCUT2D eigenvalue weighted by atomic mass is 9.94. The molecule has 1 aliphatic heterocycles. The summed E-state index contributed by atoms with van der Waals surface area (Å²) in [5, 5.41) is 11.5. The van der Waals surface area contributed by atoms with Gasteiger partial charge >= 0.3 is 5.91 Å². The van der Waals surface area contributed by atoms with Crippen molar-refractivity contribution >= 4 is 34.4 Å². The van der Waals surface area contributed by atoms with Crippen LogP contribution in [0.3, 0.4) is 0 Å². The second-order valence-electron chi connectivity index (χ2n) is 10.6. The number of aliphatic hydroxyl groups excluding tert-OH is 1. The predicted molar refractivity (Wildman–Crippen MR) is 155 cm³/mol. The Morgan fingerprint density at radius 2 is 1.62 bits per heavy atom. The fourth-order valence-electron chi connectivity index (χ4n) is 4.93. The van der Waals surface area contributed by atoms with Crippen LogP contribution in [0, 0.1) is 13.8 Å². The van der Waals surface area contributed by atoms with Crippen molar-refractivity contribution in [3.63, 3.8) is 0 Å². The number of rotatable bonds is 7. The molecule has 0 bridgehead atoms. The van der Waals surface area contributed by atoms with Crippen LogP contribution in [-0.4, -0.2) is 39.0 Å². The number of ether oxygens (including phenoxy) is 2. The van der Waals surface area contributed by atoms with Crippen LogP contribution in [-0.2, 0) is 9.59 Å². The normalized spacial score (nSPS) is 16.9. The number of hydrogen-bond donors (Lipinski definition) is 2. The molecular formula is C32H33N3O5. The van der Waals surface area contributed by atoms with E-state index in [9.17, 15) is 14.7 Å². The van der Waals surface area contributed by atoms with Crippen LogP contribution in [0.5, 0.6) is 11.5 Å². The Labute approximate surface area is 233 Å². The number of ketones is 1. The molecule has 40 heavy (non-hydrogen) atoms. The van der Waals surface area contributed by atoms with Gasteiger partial charge in [0.2, 0.25) is 5.95 Å². The van der Waals surface area contributed by atoms with E-state index in [2.05, 4.69) is 9.97 Å². The van der Waals surface area contributed by atoms with Gasteiger partial charge in [0, 0.05) is 5.56 Å². The minimum absolute atomic E-state index is 0.0126. The molecule has 2 N–H and O–H groups in total. The number of imidazole rings is 1. The highest BCUT2D eigenvalue weighted by molar-refractivity contribution is 6.51. The molecule has 3 aromatic carbocycles. The van der Waals surface area contributed by atoms with E-state index in [4.69, 9.17) is 9.47 Å². The molecule has 1 atom stereocenters. The summed E-state index contributed by atoms with van der Waals surface area (Å²) in [6, 6.07) is 17.2. The van der Waals surface area contributed by atoms with Gasteiger partial charge in [0.15, 0.2) is 0 Å². The number of aliphatic hydroxyl groups is 1. The zero-order valence-electron chi connectivity index (χ0n) is 23.5. The van der Waals surface area contributed by atoms with Gasteiger partial charge in [0.05, 0.1) is 34.9 Å². The standard InChI is InChI=1S/C32H33N3O5/c1-17(2)39-23-11-8-21(9-12-23)28-27(29(36)22-10-14-26(20(6)16-22)40-18(3)4)30(37)31(38)35(28)32-33-24-13-7-19(5)15-25(24)34-32/h7-18,28,36H,1-6H3,(H,33,34)/b29-27+. The van der Waals surface area contributed by atoms with E-state index in [0.29, 0.717) is 28.1 Å². The fraction of sp³-hybridized carbons (Fsp3) is 0.281. The highest BCUT2D eigenvalue weighted by Gasteiger charge is 2.48. The number of carbonyl (C=O) groups excluding carboxylic acids is 2. The van der Waals surface area contributed by atoms with Gasteiger partial charge < -0.3 is 19.6 Å². The summed E-state index contributed by atoms with van der Waals surface area (Å²) in [5.41, 5.74) is 4.26. The summed E-state index contributed by atoms with van der Waals surface area (Å²) in [7, 11) is 0. The minimum Gasteiger partial charge on any atom is -0.507 e. The number of aryl methyl sites for hydroxylation is 2. The van der Waals surface area contributed by atoms with Gasteiger partial charge in [-0.25, -0.2) is 4.98 Å². The molecule has 8 heteroatoms. The first-order chi connectivity index (χ1) is 19.0. The van der Waals surface area contributed by atoms with Crippen molar-refractivity contribution < 1.29 is 24.2 Å². The number of aromatic nitrogens is 2. The number of aromatic amines is 1. The van der Waals surface area contributed by atoms with Crippen LogP contribution in [0.2, 0.25) is 0 Å². The molecule has 1 amide bonds. The van der Waals surface area contributed by atoms with Gasteiger partial charge in [-0.15, -0.1) is 0 Å². The number of Topliss-reactive ketones (excluding diaryl/α,β-unsaturated/α-hetero) is 1. The van der Waals surface area contributed by atoms with E-state index in [1.165, 1.54) is 4.90 Å². The van der Waals surface area contributed by atoms with E-state index in [0.717, 1.165) is 16.6 Å². The second-order valence-corrected chi connectivity index (χ2v) is 10.6. The van der Waals surface area contributed by atoms with Crippen molar-refractivity contribution in [2.24, 2.45) is 0 Å². The number of fused-ring (bicyclic) bond motifs is 1. The van der Waals surface area contributed by atoms with Crippen LogP contribution in [0.4, 0.5) is 5.95 Å². The third-order valence-corrected chi connectivity index (χ3v) is 6.68. The molecule has 1 aromatic heterocycles. The van der Waals surface area contributed by atoms with E-state index in [-0.39, 0.29) is 29.5 Å². The molecule has 1 aliphatic rings. The zero-order chi connectivity index (χ0) is 28.7. The quantitative estimate of drug-likeness (QED) is 0.160. The first kappa shape index (κ1) is 27.0. The lowest BCUT2D eigenvalue weighted by Gasteiger charge is -2.23. The minimum atomic E-state index is -0.915. The Hall–Kier alpha value is -4.59. The first-order valence-electron chi connectivity index (χ1n) is 13.3. The molecule has 0 aliphatic carbocycles. The maximum absolute atomic E-state index is 13.6. The monoisotopic (exact) mass is 539 g/mol. The molecule has 0 radical (unpaired) electrons. The zero-order valence-corrected chi connectivity index (χ0v) is 23.5. The lowest BCUT2D eigenvalue weighted by molar-refractivity contribution is -0.132. The van der Waals surface area contributed by atoms with Gasteiger partial charge in [0.25, 0.3) is 5.78 Å². The summed E-state index contributed by atoms with van der Waals surface area (Å²) >= 11 is 0. The summed E-state index contributed by atoms with van der Waals surface area (Å²) in [6.45, 7) is 11.6. The molecule has 1 saturated heterocycles. The number of nitrogens with one attached hydrogen (secondary N) is 1. The maximum atomic E-state index is 13.6. The van der Waals surface area contributed by atoms with Crippen molar-refractivity contribution in [3.8, 4) is 11.5 Å². The van der Waals surface area contributed by atoms with Crippen molar-refractivity contribution in [2.75, 3.05) is 4.90 Å². The summed E-state index contributed by atoms with van der Waals surface area (Å²) in [6.07, 6.45) is -0.0277. The Kier molecular flexibility index (Phi) is 7.10. The summed E-state index contributed by atoms with van der Waals surface area (Å²) in [5.74, 6) is -0.262. The number of benzene rings is 3. The molecule has 1 unspecified atom stereocenters. The van der Waals surface area contributed by atoms with Crippen molar-refractivity contribution in [1.29, 1.82) is 0 Å². The van der Waals surface area contributed by atoms with Crippen LogP contribution in [0.15, 0.2) is 66.2 Å². The Bertz CT molecular complexity index is 1630. The van der Waals surface area contributed by atoms with Crippen LogP contribution in [0.25, 0.3) is 16.8 Å². The maximum Gasteiger partial charge on any atom is 0.302 e. The smallest absolute Gasteiger partial charge is 0.302 e. The largest absolute Gasteiger partial charge is 0.507 e. The topological polar surface area (TPSA) is 105 Å². The third-order valence-electron chi connectivity index (χ3n) is 6.68. The number of anilines is 1. The van der Waals surface area contributed by atoms with Crippen molar-refractivity contribution in [3.05, 3.63) is 88.5 Å². The summed E-state index contributed by atoms with van der Waals surface area (Å²) < 4.78 is 11.6. The van der Waals surface area contributed by atoms with Gasteiger partial charge in [-0.1, -0.05) is 18.2 Å². The highest BCUT2D eigenvalue weighted by atomic mass is 16.5. The number of nitrogens with zero attached hydrogens (tertiary/aromatic N) is 2. The lowest BCUT2D eigenvalue weighted by Crippen LogP contribution is -2.30. The highest BCUT2D eigenvalue weighted by Crippen LogP contribution is 2.42. The number of amides is 1. The Morgan fingerprint density at radius 1 is 0.925 bits per heavy atom. The molecule has 4 aromatic rings. The third kappa shape index (κ3) is 5.04. The van der Waals surface area contributed by atoms with Gasteiger partial charge in [-0.3, -0.25) is 14.5 Å². The molecule has 8 nitrogen and oxygen atoms in total. The van der Waals surface area contributed by atoms with Crippen LogP contribution in [0.1, 0.15) is 56.0 Å². The molecular weight excluding hydrogens is 506 g/mol. The van der Waals surface area contributed by atoms with E-state index in [1.54, 1.807) is 42.5 Å². The summed E-state index contributed by atoms with van der Waals surface area (Å²) in [4.78, 5) is 36.3. The number of hydrogen-bond acceptors (Lipinski definition) is 6. The molecule has 5 rings (SSSR count). The van der Waals surface area contributed by atoms with E-state index in [1.807, 2.05) is 59.7 Å². The van der Waals surface area contributed by atoms with E-state index < -0.39 is 17.7 Å². The average molecular weight is 540 g/mol. The first-order valence-corrected chi connectivity index (χ1v) is 13.3. The second kappa shape index (κ2) is 10.5. The van der Waals surface area contributed by atoms with Crippen molar-refractivity contribution in [2.45, 2.75) is 59.8 Å². The van der Waals surface area contributed by atoms with E-state index >= 15 is 0 Å². The SMILES string of the molecule is Cc1ccc2nc(N3C(=O)C(=O)/C(=C(/O)c4ccc(OC(C)C)c(C)c4)C3c3ccc(OC(C)C)cc3)[nH]c2c1. The van der Waals surface area contributed by atoms with Gasteiger partial charge in [-0.2, -0.15) is 0 Å². The Morgan fingerprint density at radius 3 is 2.27 bits per heavy atom. The predicted octanol–water partition coefficient (Wildman–Crippen LogP) is 6.38. The van der Waals surface area contributed by atoms with Crippen LogP contribution >= 0.6 is 0 Å². The van der Waals surface area contributed by atoms with Gasteiger partial charge in [0.1, 0.15) is 17.3 Å². The fourth-order valence-corrected chi connectivity index (χ4v) is 4.93. The molecule has 2 heterocycles. The molecule has 0 spiro atoms. The average Bonchev–Trinajstić information content (AvgIpc) is 3.42. The Balaban J connectivity index is 1.66. The van der Waals surface area contributed by atoms with Gasteiger partial charge in [-0.05, 0) is 101 Å². The van der Waals surface area contributed by atoms with Crippen LogP contribution < -0.4 is 14.4 Å². The molecule has 206 valence electrons. The number of H-pyrrole nitrogens is 1. The number of carbonyl (C=O) groups is 2. The molecule has 0 saturated carbocycles. The van der Waals surface area contributed by atoms with Crippen molar-refractivity contribution in [1.82, 2.24) is 9.97 Å². The molecule has 1 fully saturated rings.